The van der Waals surface area contributed by atoms with Gasteiger partial charge in [0.25, 0.3) is 0 Å². The topological polar surface area (TPSA) is 44.8 Å². The van der Waals surface area contributed by atoms with E-state index in [-0.39, 0.29) is 0 Å². The van der Waals surface area contributed by atoms with Gasteiger partial charge in [-0.25, -0.2) is 4.79 Å². The molecule has 1 atom stereocenters. The van der Waals surface area contributed by atoms with E-state index in [1.165, 1.54) is 12.8 Å². The normalized spacial score (nSPS) is 12.2. The van der Waals surface area contributed by atoms with E-state index in [2.05, 4.69) is 6.92 Å². The minimum Gasteiger partial charge on any atom is -0.434 e. The molecule has 0 amide bonds. The molecule has 0 aromatic heterocycles. The van der Waals surface area contributed by atoms with Crippen LogP contribution < -0.4 is 0 Å². The molecule has 0 aliphatic rings. The summed E-state index contributed by atoms with van der Waals surface area (Å²) >= 11 is 0. The van der Waals surface area contributed by atoms with Gasteiger partial charge in [0.1, 0.15) is 0 Å². The Morgan fingerprint density at radius 1 is 1.20 bits per heavy atom. The Morgan fingerprint density at radius 2 is 1.93 bits per heavy atom. The molecule has 0 aliphatic carbocycles. The van der Waals surface area contributed by atoms with Crippen molar-refractivity contribution in [2.75, 3.05) is 13.2 Å². The van der Waals surface area contributed by atoms with Crippen molar-refractivity contribution in [1.82, 2.24) is 0 Å². The molecule has 15 heavy (non-hydrogen) atoms. The molecular weight excluding hydrogens is 196 g/mol. The summed E-state index contributed by atoms with van der Waals surface area (Å²) in [5, 5.41) is 0. The first-order valence-electron chi connectivity index (χ1n) is 5.65. The molecule has 4 heteroatoms. The molecule has 0 rings (SSSR count). The summed E-state index contributed by atoms with van der Waals surface area (Å²) in [6.07, 6.45) is 3.15. The second-order valence-corrected chi connectivity index (χ2v) is 3.30. The van der Waals surface area contributed by atoms with Crippen LogP contribution in [-0.4, -0.2) is 25.7 Å². The molecule has 90 valence electrons. The molecule has 0 spiro atoms. The van der Waals surface area contributed by atoms with Crippen molar-refractivity contribution in [3.05, 3.63) is 0 Å². The van der Waals surface area contributed by atoms with Crippen LogP contribution in [0.15, 0.2) is 0 Å². The minimum absolute atomic E-state index is 0.428. The van der Waals surface area contributed by atoms with Gasteiger partial charge in [0.05, 0.1) is 6.61 Å². The first kappa shape index (κ1) is 14.2. The summed E-state index contributed by atoms with van der Waals surface area (Å²) in [6.45, 7) is 6.60. The number of carbonyl (C=O) groups excluding carboxylic acids is 1. The Hall–Kier alpha value is -0.770. The van der Waals surface area contributed by atoms with Gasteiger partial charge in [0.2, 0.25) is 6.29 Å². The van der Waals surface area contributed by atoms with Crippen LogP contribution in [0.3, 0.4) is 0 Å². The van der Waals surface area contributed by atoms with E-state index >= 15 is 0 Å². The molecule has 0 N–H and O–H groups in total. The van der Waals surface area contributed by atoms with Crippen LogP contribution in [-0.2, 0) is 14.2 Å². The van der Waals surface area contributed by atoms with E-state index in [0.29, 0.717) is 13.2 Å². The number of rotatable bonds is 8. The van der Waals surface area contributed by atoms with Crippen LogP contribution in [0.1, 0.15) is 46.5 Å². The van der Waals surface area contributed by atoms with E-state index in [0.717, 1.165) is 12.8 Å². The molecular formula is C11H22O4. The SMILES string of the molecule is CCCCCCOC(=O)OC(C)OCC. The zero-order valence-electron chi connectivity index (χ0n) is 9.95. The molecule has 0 saturated carbocycles. The monoisotopic (exact) mass is 218 g/mol. The Bertz CT molecular complexity index is 159. The lowest BCUT2D eigenvalue weighted by molar-refractivity contribution is -0.107. The highest BCUT2D eigenvalue weighted by Gasteiger charge is 2.09. The van der Waals surface area contributed by atoms with Crippen molar-refractivity contribution in [3.8, 4) is 0 Å². The lowest BCUT2D eigenvalue weighted by Gasteiger charge is -2.12. The van der Waals surface area contributed by atoms with Gasteiger partial charge in [-0.3, -0.25) is 0 Å². The summed E-state index contributed by atoms with van der Waals surface area (Å²) in [6, 6.07) is 0. The predicted molar refractivity (Wildman–Crippen MR) is 57.7 cm³/mol. The quantitative estimate of drug-likeness (QED) is 0.357. The number of hydrogen-bond donors (Lipinski definition) is 0. The summed E-state index contributed by atoms with van der Waals surface area (Å²) < 4.78 is 14.7. The highest BCUT2D eigenvalue weighted by atomic mass is 16.8. The smallest absolute Gasteiger partial charge is 0.434 e. The Morgan fingerprint density at radius 3 is 2.53 bits per heavy atom. The highest BCUT2D eigenvalue weighted by Crippen LogP contribution is 2.01. The van der Waals surface area contributed by atoms with Crippen molar-refractivity contribution in [2.45, 2.75) is 52.7 Å². The molecule has 0 radical (unpaired) electrons. The molecule has 0 aromatic rings. The van der Waals surface area contributed by atoms with Gasteiger partial charge < -0.3 is 14.2 Å². The summed E-state index contributed by atoms with van der Waals surface area (Å²) in [4.78, 5) is 11.0. The third-order valence-corrected chi connectivity index (χ3v) is 1.88. The Balaban J connectivity index is 3.32. The lowest BCUT2D eigenvalue weighted by Crippen LogP contribution is -2.19. The van der Waals surface area contributed by atoms with Gasteiger partial charge in [-0.2, -0.15) is 0 Å². The van der Waals surface area contributed by atoms with Gasteiger partial charge in [-0.05, 0) is 20.3 Å². The van der Waals surface area contributed by atoms with E-state index in [9.17, 15) is 4.79 Å². The maximum absolute atomic E-state index is 11.0. The van der Waals surface area contributed by atoms with E-state index in [1.54, 1.807) is 6.92 Å². The second kappa shape index (κ2) is 9.77. The zero-order chi connectivity index (χ0) is 11.5. The summed E-state index contributed by atoms with van der Waals surface area (Å²) in [5.41, 5.74) is 0. The maximum atomic E-state index is 11.0. The molecule has 0 saturated heterocycles. The predicted octanol–water partition coefficient (Wildman–Crippen LogP) is 3.10. The average molecular weight is 218 g/mol. The Kier molecular flexibility index (Phi) is 9.27. The molecule has 0 aromatic carbocycles. The number of unbranched alkanes of at least 4 members (excludes halogenated alkanes) is 3. The fraction of sp³-hybridized carbons (Fsp3) is 0.909. The average Bonchev–Trinajstić information content (AvgIpc) is 2.17. The van der Waals surface area contributed by atoms with Crippen molar-refractivity contribution < 1.29 is 19.0 Å². The number of carbonyl (C=O) groups is 1. The molecule has 0 heterocycles. The van der Waals surface area contributed by atoms with Gasteiger partial charge >= 0.3 is 6.16 Å². The van der Waals surface area contributed by atoms with Crippen LogP contribution in [0.25, 0.3) is 0 Å². The number of hydrogen-bond acceptors (Lipinski definition) is 4. The minimum atomic E-state index is -0.646. The van der Waals surface area contributed by atoms with E-state index in [4.69, 9.17) is 14.2 Å². The molecule has 4 nitrogen and oxygen atoms in total. The van der Waals surface area contributed by atoms with Gasteiger partial charge in [0.15, 0.2) is 0 Å². The third kappa shape index (κ3) is 9.53. The van der Waals surface area contributed by atoms with Crippen LogP contribution in [0.4, 0.5) is 4.79 Å². The molecule has 0 bridgehead atoms. The highest BCUT2D eigenvalue weighted by molar-refractivity contribution is 5.59. The second-order valence-electron chi connectivity index (χ2n) is 3.30. The van der Waals surface area contributed by atoms with Crippen molar-refractivity contribution in [1.29, 1.82) is 0 Å². The van der Waals surface area contributed by atoms with Crippen molar-refractivity contribution >= 4 is 6.16 Å². The first-order valence-corrected chi connectivity index (χ1v) is 5.65. The zero-order valence-corrected chi connectivity index (χ0v) is 9.95. The van der Waals surface area contributed by atoms with Gasteiger partial charge in [0, 0.05) is 6.61 Å². The molecule has 0 aliphatic heterocycles. The molecule has 1 unspecified atom stereocenters. The number of ether oxygens (including phenoxy) is 3. The van der Waals surface area contributed by atoms with Crippen LogP contribution >= 0.6 is 0 Å². The van der Waals surface area contributed by atoms with Crippen LogP contribution in [0, 0.1) is 0 Å². The van der Waals surface area contributed by atoms with Gasteiger partial charge in [-0.15, -0.1) is 0 Å². The van der Waals surface area contributed by atoms with E-state index < -0.39 is 12.4 Å². The standard InChI is InChI=1S/C11H22O4/c1-4-6-7-8-9-14-11(12)15-10(3)13-5-2/h10H,4-9H2,1-3H3. The maximum Gasteiger partial charge on any atom is 0.510 e. The fourth-order valence-corrected chi connectivity index (χ4v) is 1.12. The van der Waals surface area contributed by atoms with Crippen molar-refractivity contribution in [2.24, 2.45) is 0 Å². The largest absolute Gasteiger partial charge is 0.510 e. The van der Waals surface area contributed by atoms with E-state index in [1.807, 2.05) is 6.92 Å². The fourth-order valence-electron chi connectivity index (χ4n) is 1.12. The first-order chi connectivity index (χ1) is 7.20. The Labute approximate surface area is 91.9 Å². The van der Waals surface area contributed by atoms with Crippen LogP contribution in [0.2, 0.25) is 0 Å². The lowest BCUT2D eigenvalue weighted by atomic mass is 10.2. The van der Waals surface area contributed by atoms with Crippen molar-refractivity contribution in [3.63, 3.8) is 0 Å². The third-order valence-electron chi connectivity index (χ3n) is 1.88. The molecule has 0 fully saturated rings. The summed E-state index contributed by atoms with van der Waals surface area (Å²) in [7, 11) is 0. The summed E-state index contributed by atoms with van der Waals surface area (Å²) in [5.74, 6) is 0. The van der Waals surface area contributed by atoms with Gasteiger partial charge in [-0.1, -0.05) is 26.2 Å². The van der Waals surface area contributed by atoms with Crippen LogP contribution in [0.5, 0.6) is 0 Å².